The Balaban J connectivity index is 1.89. The fourth-order valence-electron chi connectivity index (χ4n) is 2.64. The van der Waals surface area contributed by atoms with Gasteiger partial charge in [0.05, 0.1) is 5.69 Å². The van der Waals surface area contributed by atoms with E-state index in [1.165, 1.54) is 19.4 Å². The highest BCUT2D eigenvalue weighted by Crippen LogP contribution is 2.15. The number of hydrogen-bond donors (Lipinski definition) is 1. The summed E-state index contributed by atoms with van der Waals surface area (Å²) >= 11 is 0. The molecule has 0 aromatic carbocycles. The zero-order valence-corrected chi connectivity index (χ0v) is 12.4. The van der Waals surface area contributed by atoms with Crippen molar-refractivity contribution < 1.29 is 0 Å². The maximum Gasteiger partial charge on any atom is 0.150 e. The molecule has 0 bridgehead atoms. The van der Waals surface area contributed by atoms with Crippen LogP contribution in [0.2, 0.25) is 0 Å². The fourth-order valence-corrected chi connectivity index (χ4v) is 2.64. The smallest absolute Gasteiger partial charge is 0.150 e. The molecule has 0 amide bonds. The lowest BCUT2D eigenvalue weighted by Gasteiger charge is -2.28. The molecule has 1 aliphatic heterocycles. The van der Waals surface area contributed by atoms with E-state index in [-0.39, 0.29) is 0 Å². The number of anilines is 1. The molecule has 1 N–H and O–H groups in total. The summed E-state index contributed by atoms with van der Waals surface area (Å²) in [7, 11) is 2.11. The second-order valence-electron chi connectivity index (χ2n) is 6.07. The quantitative estimate of drug-likeness (QED) is 0.882. The van der Waals surface area contributed by atoms with Gasteiger partial charge in [-0.1, -0.05) is 13.8 Å². The molecule has 0 spiro atoms. The van der Waals surface area contributed by atoms with Crippen LogP contribution in [0.1, 0.15) is 32.4 Å². The predicted octanol–water partition coefficient (Wildman–Crippen LogP) is 2.11. The van der Waals surface area contributed by atoms with E-state index < -0.39 is 0 Å². The Kier molecular flexibility index (Phi) is 5.14. The Morgan fingerprint density at radius 1 is 1.37 bits per heavy atom. The number of piperidine rings is 1. The first-order valence-corrected chi connectivity index (χ1v) is 7.39. The minimum Gasteiger partial charge on any atom is -0.358 e. The highest BCUT2D eigenvalue weighted by molar-refractivity contribution is 5.36. The van der Waals surface area contributed by atoms with E-state index in [0.29, 0.717) is 5.92 Å². The number of nitrogens with one attached hydrogen (secondary N) is 1. The summed E-state index contributed by atoms with van der Waals surface area (Å²) in [6.07, 6.45) is 3.61. The van der Waals surface area contributed by atoms with E-state index in [1.54, 1.807) is 0 Å². The van der Waals surface area contributed by atoms with Crippen LogP contribution in [0.5, 0.6) is 0 Å². The van der Waals surface area contributed by atoms with Crippen molar-refractivity contribution >= 4 is 5.82 Å². The summed E-state index contributed by atoms with van der Waals surface area (Å²) in [5, 5.41) is 12.1. The van der Waals surface area contributed by atoms with E-state index in [9.17, 15) is 0 Å². The van der Waals surface area contributed by atoms with Crippen molar-refractivity contribution in [3.63, 3.8) is 0 Å². The third-order valence-electron chi connectivity index (χ3n) is 3.65. The van der Waals surface area contributed by atoms with Gasteiger partial charge in [0, 0.05) is 13.6 Å². The molecule has 1 fully saturated rings. The summed E-state index contributed by atoms with van der Waals surface area (Å²) in [6.45, 7) is 7.77. The molecule has 1 unspecified atom stereocenters. The summed E-state index contributed by atoms with van der Waals surface area (Å²) in [5.74, 6) is 2.35. The van der Waals surface area contributed by atoms with Crippen molar-refractivity contribution in [3.8, 4) is 0 Å². The summed E-state index contributed by atoms with van der Waals surface area (Å²) in [4.78, 5) is 2.23. The van der Waals surface area contributed by atoms with Gasteiger partial charge in [0.25, 0.3) is 0 Å². The van der Waals surface area contributed by atoms with Gasteiger partial charge in [-0.05, 0) is 56.3 Å². The van der Waals surface area contributed by atoms with Crippen molar-refractivity contribution in [2.45, 2.75) is 33.1 Å². The molecular weight excluding hydrogens is 236 g/mol. The number of aromatic nitrogens is 2. The van der Waals surface area contributed by atoms with Crippen LogP contribution in [0.4, 0.5) is 5.82 Å². The average molecular weight is 262 g/mol. The van der Waals surface area contributed by atoms with Gasteiger partial charge in [0.15, 0.2) is 5.82 Å². The minimum atomic E-state index is 0.631. The molecule has 4 nitrogen and oxygen atoms in total. The monoisotopic (exact) mass is 262 g/mol. The van der Waals surface area contributed by atoms with Crippen LogP contribution in [0.3, 0.4) is 0 Å². The summed E-state index contributed by atoms with van der Waals surface area (Å²) in [6, 6.07) is 4.21. The van der Waals surface area contributed by atoms with Gasteiger partial charge in [0.1, 0.15) is 0 Å². The van der Waals surface area contributed by atoms with Crippen molar-refractivity contribution in [3.05, 3.63) is 17.8 Å². The van der Waals surface area contributed by atoms with Crippen molar-refractivity contribution in [1.82, 2.24) is 15.5 Å². The van der Waals surface area contributed by atoms with Crippen LogP contribution in [-0.2, 0) is 6.42 Å². The van der Waals surface area contributed by atoms with Crippen molar-refractivity contribution in [1.29, 1.82) is 0 Å². The van der Waals surface area contributed by atoms with E-state index in [4.69, 9.17) is 0 Å². The molecule has 2 rings (SSSR count). The third-order valence-corrected chi connectivity index (χ3v) is 3.65. The number of nitrogens with zero attached hydrogens (tertiary/aromatic N) is 3. The topological polar surface area (TPSA) is 41.0 Å². The Morgan fingerprint density at radius 2 is 2.21 bits per heavy atom. The highest BCUT2D eigenvalue weighted by Gasteiger charge is 2.16. The molecule has 0 radical (unpaired) electrons. The Hall–Kier alpha value is -1.16. The first-order valence-electron chi connectivity index (χ1n) is 7.39. The van der Waals surface area contributed by atoms with Gasteiger partial charge in [-0.2, -0.15) is 5.10 Å². The average Bonchev–Trinajstić information content (AvgIpc) is 2.40. The molecule has 1 aliphatic rings. The predicted molar refractivity (Wildman–Crippen MR) is 79.4 cm³/mol. The highest BCUT2D eigenvalue weighted by atomic mass is 15.2. The first kappa shape index (κ1) is 14.3. The zero-order chi connectivity index (χ0) is 13.7. The van der Waals surface area contributed by atoms with E-state index in [1.807, 2.05) is 0 Å². The van der Waals surface area contributed by atoms with Gasteiger partial charge >= 0.3 is 0 Å². The van der Waals surface area contributed by atoms with Gasteiger partial charge < -0.3 is 10.2 Å². The minimum absolute atomic E-state index is 0.631. The number of hydrogen-bond acceptors (Lipinski definition) is 4. The number of rotatable bonds is 5. The molecule has 4 heteroatoms. The Labute approximate surface area is 116 Å². The normalized spacial score (nSPS) is 19.7. The van der Waals surface area contributed by atoms with Crippen LogP contribution in [0.25, 0.3) is 0 Å². The molecular formula is C15H26N4. The maximum absolute atomic E-state index is 4.35. The standard InChI is InChI=1S/C15H26N4/c1-12(2)9-14-6-7-15(18-17-14)19(3)11-13-5-4-8-16-10-13/h6-7,12-13,16H,4-5,8-11H2,1-3H3. The lowest BCUT2D eigenvalue weighted by molar-refractivity contribution is 0.380. The Morgan fingerprint density at radius 3 is 2.79 bits per heavy atom. The van der Waals surface area contributed by atoms with Crippen LogP contribution >= 0.6 is 0 Å². The lowest BCUT2D eigenvalue weighted by Crippen LogP contribution is -2.37. The van der Waals surface area contributed by atoms with Crippen molar-refractivity contribution in [2.24, 2.45) is 11.8 Å². The van der Waals surface area contributed by atoms with E-state index >= 15 is 0 Å². The van der Waals surface area contributed by atoms with Gasteiger partial charge in [0.2, 0.25) is 0 Å². The van der Waals surface area contributed by atoms with Crippen LogP contribution in [-0.4, -0.2) is 36.9 Å². The maximum atomic E-state index is 4.35. The SMILES string of the molecule is CC(C)Cc1ccc(N(C)CC2CCCNC2)nn1. The summed E-state index contributed by atoms with van der Waals surface area (Å²) in [5.41, 5.74) is 1.09. The fraction of sp³-hybridized carbons (Fsp3) is 0.733. The largest absolute Gasteiger partial charge is 0.358 e. The van der Waals surface area contributed by atoms with Crippen molar-refractivity contribution in [2.75, 3.05) is 31.6 Å². The summed E-state index contributed by atoms with van der Waals surface area (Å²) < 4.78 is 0. The second kappa shape index (κ2) is 6.85. The van der Waals surface area contributed by atoms with E-state index in [2.05, 4.69) is 53.4 Å². The zero-order valence-electron chi connectivity index (χ0n) is 12.4. The molecule has 1 aromatic rings. The molecule has 19 heavy (non-hydrogen) atoms. The second-order valence-corrected chi connectivity index (χ2v) is 6.07. The molecule has 106 valence electrons. The van der Waals surface area contributed by atoms with E-state index in [0.717, 1.165) is 36.9 Å². The molecule has 1 aromatic heterocycles. The van der Waals surface area contributed by atoms with Crippen LogP contribution < -0.4 is 10.2 Å². The molecule has 0 aliphatic carbocycles. The molecule has 1 saturated heterocycles. The molecule has 2 heterocycles. The van der Waals surface area contributed by atoms with Crippen LogP contribution in [0, 0.1) is 11.8 Å². The molecule has 1 atom stereocenters. The van der Waals surface area contributed by atoms with Gasteiger partial charge in [-0.15, -0.1) is 5.10 Å². The lowest BCUT2D eigenvalue weighted by atomic mass is 9.99. The Bertz CT molecular complexity index is 368. The van der Waals surface area contributed by atoms with Gasteiger partial charge in [-0.25, -0.2) is 0 Å². The molecule has 0 saturated carbocycles. The third kappa shape index (κ3) is 4.46. The van der Waals surface area contributed by atoms with Crippen LogP contribution in [0.15, 0.2) is 12.1 Å². The van der Waals surface area contributed by atoms with Gasteiger partial charge in [-0.3, -0.25) is 0 Å². The first-order chi connectivity index (χ1) is 9.15.